The van der Waals surface area contributed by atoms with Crippen LogP contribution in [0.2, 0.25) is 0 Å². The van der Waals surface area contributed by atoms with Gasteiger partial charge in [0.05, 0.1) is 17.3 Å². The first-order chi connectivity index (χ1) is 12.9. The summed E-state index contributed by atoms with van der Waals surface area (Å²) >= 11 is 0. The topological polar surface area (TPSA) is 96.4 Å². The van der Waals surface area contributed by atoms with E-state index in [2.05, 4.69) is 20.8 Å². The number of carbonyl (C=O) groups is 1. The normalized spacial score (nSPS) is 20.1. The number of aromatic nitrogens is 4. The zero-order chi connectivity index (χ0) is 19.1. The summed E-state index contributed by atoms with van der Waals surface area (Å²) in [7, 11) is 3.36. The second-order valence-corrected chi connectivity index (χ2v) is 7.19. The van der Waals surface area contributed by atoms with Gasteiger partial charge in [0.2, 0.25) is 0 Å². The number of amides is 1. The van der Waals surface area contributed by atoms with Crippen molar-refractivity contribution in [2.45, 2.75) is 37.8 Å². The third-order valence-electron chi connectivity index (χ3n) is 5.38. The number of hydrogen-bond acceptors (Lipinski definition) is 4. The minimum Gasteiger partial charge on any atom is -0.465 e. The van der Waals surface area contributed by atoms with Gasteiger partial charge in [-0.25, -0.2) is 9.78 Å². The molecule has 3 heterocycles. The van der Waals surface area contributed by atoms with Crippen LogP contribution < -0.4 is 4.90 Å². The van der Waals surface area contributed by atoms with Gasteiger partial charge in [-0.15, -0.1) is 0 Å². The van der Waals surface area contributed by atoms with Crippen LogP contribution in [0, 0.1) is 0 Å². The molecule has 0 saturated heterocycles. The van der Waals surface area contributed by atoms with Crippen LogP contribution in [0.1, 0.15) is 31.7 Å². The molecule has 3 aromatic rings. The van der Waals surface area contributed by atoms with Crippen LogP contribution in [-0.4, -0.2) is 48.8 Å². The molecule has 142 valence electrons. The van der Waals surface area contributed by atoms with Gasteiger partial charge in [0.15, 0.2) is 0 Å². The fourth-order valence-corrected chi connectivity index (χ4v) is 3.82. The molecule has 0 atom stereocenters. The van der Waals surface area contributed by atoms with Crippen LogP contribution in [0.25, 0.3) is 22.2 Å². The number of nitrogens with zero attached hydrogens (tertiary/aromatic N) is 5. The van der Waals surface area contributed by atoms with E-state index in [-0.39, 0.29) is 12.1 Å². The Morgan fingerprint density at radius 1 is 1.30 bits per heavy atom. The predicted molar refractivity (Wildman–Crippen MR) is 102 cm³/mol. The SMILES string of the molecule is CN(C(=O)O)c1cc2c(cn1)c(-c1ccn(C)n1)cn2C1CCC(O)CC1. The average Bonchev–Trinajstić information content (AvgIpc) is 3.24. The average molecular weight is 369 g/mol. The number of fused-ring (bicyclic) bond motifs is 1. The number of hydrogen-bond donors (Lipinski definition) is 2. The van der Waals surface area contributed by atoms with E-state index in [0.717, 1.165) is 52.7 Å². The molecule has 2 N–H and O–H groups in total. The van der Waals surface area contributed by atoms with Gasteiger partial charge in [0.25, 0.3) is 0 Å². The van der Waals surface area contributed by atoms with Crippen LogP contribution in [0.5, 0.6) is 0 Å². The molecule has 8 heteroatoms. The summed E-state index contributed by atoms with van der Waals surface area (Å²) in [6, 6.07) is 4.04. The van der Waals surface area contributed by atoms with Crippen LogP contribution in [0.3, 0.4) is 0 Å². The van der Waals surface area contributed by atoms with Crippen molar-refractivity contribution in [1.29, 1.82) is 0 Å². The zero-order valence-electron chi connectivity index (χ0n) is 15.4. The molecule has 1 saturated carbocycles. The summed E-state index contributed by atoms with van der Waals surface area (Å²) in [6.45, 7) is 0. The molecule has 8 nitrogen and oxygen atoms in total. The Hall–Kier alpha value is -2.87. The molecule has 0 aromatic carbocycles. The molecule has 3 aromatic heterocycles. The monoisotopic (exact) mass is 369 g/mol. The van der Waals surface area contributed by atoms with E-state index < -0.39 is 6.09 Å². The third-order valence-corrected chi connectivity index (χ3v) is 5.38. The van der Waals surface area contributed by atoms with E-state index in [1.54, 1.807) is 10.9 Å². The highest BCUT2D eigenvalue weighted by Crippen LogP contribution is 2.37. The Balaban J connectivity index is 1.86. The van der Waals surface area contributed by atoms with Crippen molar-refractivity contribution in [3.05, 3.63) is 30.7 Å². The molecule has 1 amide bonds. The zero-order valence-corrected chi connectivity index (χ0v) is 15.4. The van der Waals surface area contributed by atoms with Crippen molar-refractivity contribution in [2.75, 3.05) is 11.9 Å². The van der Waals surface area contributed by atoms with Crippen LogP contribution in [0.4, 0.5) is 10.6 Å². The molecule has 4 rings (SSSR count). The lowest BCUT2D eigenvalue weighted by Gasteiger charge is -2.27. The van der Waals surface area contributed by atoms with Gasteiger partial charge in [0, 0.05) is 55.7 Å². The van der Waals surface area contributed by atoms with Crippen molar-refractivity contribution in [3.8, 4) is 11.3 Å². The van der Waals surface area contributed by atoms with Crippen molar-refractivity contribution in [2.24, 2.45) is 7.05 Å². The fourth-order valence-electron chi connectivity index (χ4n) is 3.82. The van der Waals surface area contributed by atoms with E-state index in [1.807, 2.05) is 25.4 Å². The molecule has 1 aliphatic rings. The minimum atomic E-state index is -1.05. The van der Waals surface area contributed by atoms with Gasteiger partial charge in [-0.05, 0) is 31.7 Å². The smallest absolute Gasteiger partial charge is 0.412 e. The largest absolute Gasteiger partial charge is 0.465 e. The summed E-state index contributed by atoms with van der Waals surface area (Å²) in [5.74, 6) is 0.387. The molecule has 0 unspecified atom stereocenters. The summed E-state index contributed by atoms with van der Waals surface area (Å²) in [5.41, 5.74) is 2.78. The standard InChI is InChI=1S/C19H23N5O3/c1-22-8-7-16(21-22)15-11-24(12-3-5-13(25)6-4-12)17-9-18(20-10-14(15)17)23(2)19(26)27/h7-13,25H,3-6H2,1-2H3,(H,26,27). The van der Waals surface area contributed by atoms with E-state index in [9.17, 15) is 15.0 Å². The van der Waals surface area contributed by atoms with Gasteiger partial charge in [-0.2, -0.15) is 5.10 Å². The maximum Gasteiger partial charge on any atom is 0.412 e. The minimum absolute atomic E-state index is 0.228. The lowest BCUT2D eigenvalue weighted by molar-refractivity contribution is 0.111. The Morgan fingerprint density at radius 2 is 2.04 bits per heavy atom. The van der Waals surface area contributed by atoms with Crippen LogP contribution in [-0.2, 0) is 7.05 Å². The number of aliphatic hydroxyl groups is 1. The molecule has 1 aliphatic carbocycles. The lowest BCUT2D eigenvalue weighted by Crippen LogP contribution is -2.25. The number of aryl methyl sites for hydroxylation is 1. The predicted octanol–water partition coefficient (Wildman–Crippen LogP) is 3.03. The Labute approximate surface area is 156 Å². The van der Waals surface area contributed by atoms with Crippen LogP contribution >= 0.6 is 0 Å². The number of aliphatic hydroxyl groups excluding tert-OH is 1. The third kappa shape index (κ3) is 3.16. The van der Waals surface area contributed by atoms with Gasteiger partial charge in [0.1, 0.15) is 5.82 Å². The van der Waals surface area contributed by atoms with E-state index in [4.69, 9.17) is 0 Å². The molecule has 0 spiro atoms. The van der Waals surface area contributed by atoms with Gasteiger partial charge in [-0.3, -0.25) is 9.58 Å². The molecule has 0 aliphatic heterocycles. The second kappa shape index (κ2) is 6.70. The van der Waals surface area contributed by atoms with E-state index >= 15 is 0 Å². The van der Waals surface area contributed by atoms with Gasteiger partial charge >= 0.3 is 6.09 Å². The highest BCUT2D eigenvalue weighted by molar-refractivity contribution is 5.97. The quantitative estimate of drug-likeness (QED) is 0.740. The maximum atomic E-state index is 11.3. The highest BCUT2D eigenvalue weighted by Gasteiger charge is 2.24. The fraction of sp³-hybridized carbons (Fsp3) is 0.421. The van der Waals surface area contributed by atoms with Crippen molar-refractivity contribution < 1.29 is 15.0 Å². The van der Waals surface area contributed by atoms with Crippen LogP contribution in [0.15, 0.2) is 30.7 Å². The van der Waals surface area contributed by atoms with Crippen molar-refractivity contribution >= 4 is 22.8 Å². The molecular weight excluding hydrogens is 346 g/mol. The molecule has 0 bridgehead atoms. The Kier molecular flexibility index (Phi) is 4.35. The summed E-state index contributed by atoms with van der Waals surface area (Å²) in [5, 5.41) is 24.6. The summed E-state index contributed by atoms with van der Waals surface area (Å²) < 4.78 is 3.96. The lowest BCUT2D eigenvalue weighted by atomic mass is 9.93. The molecular formula is C19H23N5O3. The first-order valence-electron chi connectivity index (χ1n) is 9.09. The second-order valence-electron chi connectivity index (χ2n) is 7.19. The Bertz CT molecular complexity index is 985. The maximum absolute atomic E-state index is 11.3. The number of anilines is 1. The molecule has 27 heavy (non-hydrogen) atoms. The highest BCUT2D eigenvalue weighted by atomic mass is 16.4. The van der Waals surface area contributed by atoms with Gasteiger partial charge < -0.3 is 14.8 Å². The van der Waals surface area contributed by atoms with E-state index in [0.29, 0.717) is 5.82 Å². The summed E-state index contributed by atoms with van der Waals surface area (Å²) in [4.78, 5) is 16.8. The number of rotatable bonds is 3. The first kappa shape index (κ1) is 17.5. The number of pyridine rings is 1. The summed E-state index contributed by atoms with van der Waals surface area (Å²) in [6.07, 6.45) is 7.75. The van der Waals surface area contributed by atoms with Gasteiger partial charge in [-0.1, -0.05) is 0 Å². The number of carboxylic acid groups (broad SMARTS) is 1. The Morgan fingerprint density at radius 3 is 2.67 bits per heavy atom. The van der Waals surface area contributed by atoms with Crippen molar-refractivity contribution in [3.63, 3.8) is 0 Å². The first-order valence-corrected chi connectivity index (χ1v) is 9.09. The molecule has 0 radical (unpaired) electrons. The van der Waals surface area contributed by atoms with E-state index in [1.165, 1.54) is 7.05 Å². The van der Waals surface area contributed by atoms with Crippen molar-refractivity contribution in [1.82, 2.24) is 19.3 Å². The molecule has 1 fully saturated rings.